The van der Waals surface area contributed by atoms with E-state index in [-0.39, 0.29) is 18.4 Å². The number of nitrogens with zero attached hydrogens (tertiary/aromatic N) is 3. The summed E-state index contributed by atoms with van der Waals surface area (Å²) in [4.78, 5) is 7.10. The molecule has 1 saturated heterocycles. The van der Waals surface area contributed by atoms with E-state index in [1.165, 1.54) is 24.8 Å². The van der Waals surface area contributed by atoms with Crippen LogP contribution in [0, 0.1) is 5.92 Å². The molecule has 2 heterocycles. The molecule has 1 aromatic heterocycles. The number of halogens is 1. The van der Waals surface area contributed by atoms with E-state index in [2.05, 4.69) is 52.3 Å². The van der Waals surface area contributed by atoms with Crippen LogP contribution in [0.15, 0.2) is 59.1 Å². The quantitative estimate of drug-likeness (QED) is 0.639. The molecule has 29 heavy (non-hydrogen) atoms. The van der Waals surface area contributed by atoms with Gasteiger partial charge in [-0.3, -0.25) is 4.90 Å². The Morgan fingerprint density at radius 1 is 1.03 bits per heavy atom. The molecule has 2 aromatic carbocycles. The summed E-state index contributed by atoms with van der Waals surface area (Å²) in [6.45, 7) is 4.84. The third-order valence-electron chi connectivity index (χ3n) is 5.81. The molecule has 2 N–H and O–H groups in total. The molecular weight excluding hydrogens is 384 g/mol. The monoisotopic (exact) mass is 412 g/mol. The first-order chi connectivity index (χ1) is 13.7. The SMILES string of the molecule is CC(c1nc(-c2ccc(CN)cc2)no1)N1CCC(Cc2ccccc2)CC1.Cl. The van der Waals surface area contributed by atoms with Crippen LogP contribution in [0.3, 0.4) is 0 Å². The lowest BCUT2D eigenvalue weighted by molar-refractivity contribution is 0.119. The maximum Gasteiger partial charge on any atom is 0.244 e. The zero-order chi connectivity index (χ0) is 19.3. The molecule has 5 nitrogen and oxygen atoms in total. The van der Waals surface area contributed by atoms with E-state index in [0.29, 0.717) is 18.3 Å². The topological polar surface area (TPSA) is 68.2 Å². The van der Waals surface area contributed by atoms with Crippen LogP contribution >= 0.6 is 12.4 Å². The zero-order valence-electron chi connectivity index (χ0n) is 16.8. The minimum atomic E-state index is 0. The van der Waals surface area contributed by atoms with Crippen molar-refractivity contribution in [2.75, 3.05) is 13.1 Å². The fraction of sp³-hybridized carbons (Fsp3) is 0.391. The molecule has 1 fully saturated rings. The van der Waals surface area contributed by atoms with E-state index >= 15 is 0 Å². The Balaban J connectivity index is 0.00000240. The lowest BCUT2D eigenvalue weighted by atomic mass is 9.89. The van der Waals surface area contributed by atoms with Crippen molar-refractivity contribution in [2.45, 2.75) is 38.8 Å². The maximum atomic E-state index is 5.66. The molecule has 1 atom stereocenters. The average molecular weight is 413 g/mol. The average Bonchev–Trinajstić information content (AvgIpc) is 3.25. The highest BCUT2D eigenvalue weighted by Crippen LogP contribution is 2.28. The van der Waals surface area contributed by atoms with E-state index < -0.39 is 0 Å². The van der Waals surface area contributed by atoms with Gasteiger partial charge in [-0.25, -0.2) is 0 Å². The van der Waals surface area contributed by atoms with Gasteiger partial charge in [0.05, 0.1) is 6.04 Å². The van der Waals surface area contributed by atoms with Gasteiger partial charge < -0.3 is 10.3 Å². The number of likely N-dealkylation sites (tertiary alicyclic amines) is 1. The van der Waals surface area contributed by atoms with Crippen LogP contribution in [-0.4, -0.2) is 28.1 Å². The van der Waals surface area contributed by atoms with Crippen LogP contribution in [0.2, 0.25) is 0 Å². The van der Waals surface area contributed by atoms with Crippen LogP contribution in [0.25, 0.3) is 11.4 Å². The molecule has 0 radical (unpaired) electrons. The molecule has 1 aliphatic heterocycles. The van der Waals surface area contributed by atoms with E-state index in [9.17, 15) is 0 Å². The number of piperidine rings is 1. The van der Waals surface area contributed by atoms with Crippen LogP contribution in [0.5, 0.6) is 0 Å². The maximum absolute atomic E-state index is 5.66. The molecule has 4 rings (SSSR count). The molecule has 154 valence electrons. The molecule has 3 aromatic rings. The Labute approximate surface area is 178 Å². The Bertz CT molecular complexity index is 873. The highest BCUT2D eigenvalue weighted by atomic mass is 35.5. The molecular formula is C23H29ClN4O. The first-order valence-electron chi connectivity index (χ1n) is 10.1. The molecule has 6 heteroatoms. The van der Waals surface area contributed by atoms with Gasteiger partial charge >= 0.3 is 0 Å². The van der Waals surface area contributed by atoms with Crippen molar-refractivity contribution in [3.8, 4) is 11.4 Å². The second-order valence-electron chi connectivity index (χ2n) is 7.70. The summed E-state index contributed by atoms with van der Waals surface area (Å²) in [5, 5.41) is 4.18. The van der Waals surface area contributed by atoms with Crippen LogP contribution in [-0.2, 0) is 13.0 Å². The molecule has 0 amide bonds. The van der Waals surface area contributed by atoms with Crippen LogP contribution in [0.4, 0.5) is 0 Å². The number of nitrogens with two attached hydrogens (primary N) is 1. The van der Waals surface area contributed by atoms with E-state index in [4.69, 9.17) is 10.3 Å². The molecule has 0 aliphatic carbocycles. The summed E-state index contributed by atoms with van der Waals surface area (Å²) < 4.78 is 5.59. The molecule has 1 unspecified atom stereocenters. The lowest BCUT2D eigenvalue weighted by Crippen LogP contribution is -2.36. The van der Waals surface area contributed by atoms with Gasteiger partial charge in [-0.05, 0) is 56.3 Å². The van der Waals surface area contributed by atoms with Crippen molar-refractivity contribution in [3.05, 3.63) is 71.6 Å². The minimum absolute atomic E-state index is 0. The van der Waals surface area contributed by atoms with E-state index in [1.807, 2.05) is 24.3 Å². The van der Waals surface area contributed by atoms with Crippen molar-refractivity contribution < 1.29 is 4.52 Å². The van der Waals surface area contributed by atoms with Crippen molar-refractivity contribution in [3.63, 3.8) is 0 Å². The fourth-order valence-corrected chi connectivity index (χ4v) is 3.96. The van der Waals surface area contributed by atoms with Gasteiger partial charge in [0.15, 0.2) is 0 Å². The van der Waals surface area contributed by atoms with Gasteiger partial charge in [0.25, 0.3) is 0 Å². The summed E-state index contributed by atoms with van der Waals surface area (Å²) in [5.41, 5.74) is 9.16. The molecule has 0 spiro atoms. The summed E-state index contributed by atoms with van der Waals surface area (Å²) in [5.74, 6) is 2.09. The summed E-state index contributed by atoms with van der Waals surface area (Å²) in [6, 6.07) is 18.9. The van der Waals surface area contributed by atoms with Crippen molar-refractivity contribution in [2.24, 2.45) is 11.7 Å². The summed E-state index contributed by atoms with van der Waals surface area (Å²) >= 11 is 0. The van der Waals surface area contributed by atoms with Gasteiger partial charge in [-0.15, -0.1) is 12.4 Å². The lowest BCUT2D eigenvalue weighted by Gasteiger charge is -2.34. The smallest absolute Gasteiger partial charge is 0.244 e. The van der Waals surface area contributed by atoms with E-state index in [0.717, 1.165) is 30.1 Å². The fourth-order valence-electron chi connectivity index (χ4n) is 3.96. The highest BCUT2D eigenvalue weighted by molar-refractivity contribution is 5.85. The number of benzene rings is 2. The zero-order valence-corrected chi connectivity index (χ0v) is 17.6. The minimum Gasteiger partial charge on any atom is -0.337 e. The van der Waals surface area contributed by atoms with Gasteiger partial charge in [-0.1, -0.05) is 59.8 Å². The molecule has 0 bridgehead atoms. The molecule has 1 aliphatic rings. The van der Waals surface area contributed by atoms with Crippen molar-refractivity contribution >= 4 is 12.4 Å². The van der Waals surface area contributed by atoms with Crippen molar-refractivity contribution in [1.29, 1.82) is 0 Å². The first-order valence-corrected chi connectivity index (χ1v) is 10.1. The second-order valence-corrected chi connectivity index (χ2v) is 7.70. The number of hydrogen-bond donors (Lipinski definition) is 1. The largest absolute Gasteiger partial charge is 0.337 e. The third kappa shape index (κ3) is 5.24. The van der Waals surface area contributed by atoms with Crippen LogP contribution in [0.1, 0.15) is 42.8 Å². The highest BCUT2D eigenvalue weighted by Gasteiger charge is 2.27. The Kier molecular flexibility index (Phi) is 7.42. The number of aromatic nitrogens is 2. The van der Waals surface area contributed by atoms with Gasteiger partial charge in [0, 0.05) is 12.1 Å². The predicted octanol–water partition coefficient (Wildman–Crippen LogP) is 4.63. The first kappa shape index (κ1) is 21.5. The van der Waals surface area contributed by atoms with Gasteiger partial charge in [0.1, 0.15) is 0 Å². The Morgan fingerprint density at radius 2 is 1.72 bits per heavy atom. The number of rotatable bonds is 6. The third-order valence-corrected chi connectivity index (χ3v) is 5.81. The van der Waals surface area contributed by atoms with Crippen LogP contribution < -0.4 is 5.73 Å². The Hall–Kier alpha value is -2.21. The van der Waals surface area contributed by atoms with Gasteiger partial charge in [-0.2, -0.15) is 4.98 Å². The van der Waals surface area contributed by atoms with E-state index in [1.54, 1.807) is 0 Å². The molecule has 0 saturated carbocycles. The Morgan fingerprint density at radius 3 is 2.38 bits per heavy atom. The summed E-state index contributed by atoms with van der Waals surface area (Å²) in [6.07, 6.45) is 3.59. The second kappa shape index (κ2) is 10.0. The van der Waals surface area contributed by atoms with Gasteiger partial charge in [0.2, 0.25) is 11.7 Å². The summed E-state index contributed by atoms with van der Waals surface area (Å²) in [7, 11) is 0. The normalized spacial score (nSPS) is 16.3. The standard InChI is InChI=1S/C23H28N4O.ClH/c1-17(23-25-22(26-28-23)21-9-7-20(16-24)8-10-21)27-13-11-19(12-14-27)15-18-5-3-2-4-6-18;/h2-10,17,19H,11-16,24H2,1H3;1H. The number of hydrogen-bond acceptors (Lipinski definition) is 5. The van der Waals surface area contributed by atoms with Crippen molar-refractivity contribution in [1.82, 2.24) is 15.0 Å². The predicted molar refractivity (Wildman–Crippen MR) is 118 cm³/mol.